The number of aliphatic hydroxyl groups is 1. The van der Waals surface area contributed by atoms with Gasteiger partial charge in [0.1, 0.15) is 5.75 Å². The van der Waals surface area contributed by atoms with Crippen LogP contribution in [-0.4, -0.2) is 10.2 Å². The zero-order chi connectivity index (χ0) is 22.2. The van der Waals surface area contributed by atoms with Crippen molar-refractivity contribution in [3.05, 3.63) is 124 Å². The molecule has 1 aliphatic rings. The number of hydrogen-bond acceptors (Lipinski definition) is 2. The molecular formula is C29H30O2. The van der Waals surface area contributed by atoms with E-state index in [1.807, 2.05) is 12.1 Å². The standard InChI is InChI=1S/C29H30O2/c1-20(30)13-18-27(28(2,3)4)29(23-14-16-24(31)17-15-23)25-11-7-5-9-21(25)19-22-10-6-8-12-26(22)29/h5-18,30-31H,19H2,1-4H3/b20-13+,27-18+. The molecule has 0 amide bonds. The Morgan fingerprint density at radius 3 is 1.81 bits per heavy atom. The number of rotatable bonds is 3. The van der Waals surface area contributed by atoms with Crippen LogP contribution in [0.2, 0.25) is 0 Å². The molecule has 0 spiro atoms. The molecule has 0 heterocycles. The van der Waals surface area contributed by atoms with Crippen molar-refractivity contribution in [3.8, 4) is 5.75 Å². The molecule has 0 atom stereocenters. The van der Waals surface area contributed by atoms with Crippen molar-refractivity contribution in [2.75, 3.05) is 0 Å². The van der Waals surface area contributed by atoms with Crippen LogP contribution in [0.1, 0.15) is 55.5 Å². The number of fused-ring (bicyclic) bond motifs is 2. The second-order valence-corrected chi connectivity index (χ2v) is 9.43. The van der Waals surface area contributed by atoms with Gasteiger partial charge in [0.2, 0.25) is 0 Å². The van der Waals surface area contributed by atoms with Gasteiger partial charge in [-0.3, -0.25) is 0 Å². The van der Waals surface area contributed by atoms with Crippen LogP contribution in [0.25, 0.3) is 0 Å². The highest BCUT2D eigenvalue weighted by atomic mass is 16.3. The van der Waals surface area contributed by atoms with Gasteiger partial charge in [-0.25, -0.2) is 0 Å². The molecule has 2 N–H and O–H groups in total. The topological polar surface area (TPSA) is 40.5 Å². The number of allylic oxidation sites excluding steroid dienone is 4. The smallest absolute Gasteiger partial charge is 0.115 e. The van der Waals surface area contributed by atoms with Gasteiger partial charge in [0.15, 0.2) is 0 Å². The molecule has 2 nitrogen and oxygen atoms in total. The van der Waals surface area contributed by atoms with Gasteiger partial charge in [-0.1, -0.05) is 87.5 Å². The average molecular weight is 411 g/mol. The summed E-state index contributed by atoms with van der Waals surface area (Å²) in [7, 11) is 0. The van der Waals surface area contributed by atoms with Gasteiger partial charge in [-0.05, 0) is 70.4 Å². The lowest BCUT2D eigenvalue weighted by Gasteiger charge is -2.47. The minimum atomic E-state index is -0.538. The molecule has 3 aromatic carbocycles. The average Bonchev–Trinajstić information content (AvgIpc) is 2.72. The van der Waals surface area contributed by atoms with E-state index in [1.165, 1.54) is 27.8 Å². The lowest BCUT2D eigenvalue weighted by molar-refractivity contribution is 0.412. The molecule has 0 radical (unpaired) electrons. The Morgan fingerprint density at radius 1 is 0.806 bits per heavy atom. The highest BCUT2D eigenvalue weighted by Crippen LogP contribution is 2.55. The largest absolute Gasteiger partial charge is 0.513 e. The Labute approximate surface area is 185 Å². The van der Waals surface area contributed by atoms with Crippen LogP contribution in [0.4, 0.5) is 0 Å². The van der Waals surface area contributed by atoms with E-state index in [4.69, 9.17) is 0 Å². The van der Waals surface area contributed by atoms with E-state index >= 15 is 0 Å². The van der Waals surface area contributed by atoms with Gasteiger partial charge < -0.3 is 10.2 Å². The van der Waals surface area contributed by atoms with E-state index in [2.05, 4.69) is 75.4 Å². The molecule has 3 aromatic rings. The SMILES string of the molecule is C/C(O)=C\C=C(/C(C)(C)C)C1(c2ccc(O)cc2)c2ccccc2Cc2ccccc21. The number of phenolic OH excluding ortho intramolecular Hbond substituents is 1. The lowest BCUT2D eigenvalue weighted by Crippen LogP contribution is -2.41. The number of hydrogen-bond donors (Lipinski definition) is 2. The third kappa shape index (κ3) is 3.57. The predicted molar refractivity (Wildman–Crippen MR) is 128 cm³/mol. The molecule has 0 fully saturated rings. The fourth-order valence-corrected chi connectivity index (χ4v) is 5.04. The summed E-state index contributed by atoms with van der Waals surface area (Å²) in [6.07, 6.45) is 4.77. The number of benzene rings is 3. The minimum Gasteiger partial charge on any atom is -0.513 e. The van der Waals surface area contributed by atoms with Gasteiger partial charge in [0, 0.05) is 0 Å². The van der Waals surface area contributed by atoms with Gasteiger partial charge in [0.25, 0.3) is 0 Å². The van der Waals surface area contributed by atoms with Crippen molar-refractivity contribution < 1.29 is 10.2 Å². The first-order chi connectivity index (χ1) is 14.7. The Morgan fingerprint density at radius 2 is 1.32 bits per heavy atom. The van der Waals surface area contributed by atoms with E-state index in [-0.39, 0.29) is 16.9 Å². The first kappa shape index (κ1) is 21.0. The summed E-state index contributed by atoms with van der Waals surface area (Å²) in [6, 6.07) is 24.9. The molecule has 0 bridgehead atoms. The Balaban J connectivity index is 2.21. The fraction of sp³-hybridized carbons (Fsp3) is 0.241. The van der Waals surface area contributed by atoms with Gasteiger partial charge in [-0.15, -0.1) is 0 Å². The quantitative estimate of drug-likeness (QED) is 0.358. The van der Waals surface area contributed by atoms with Gasteiger partial charge in [-0.2, -0.15) is 0 Å². The summed E-state index contributed by atoms with van der Waals surface area (Å²) >= 11 is 0. The minimum absolute atomic E-state index is 0.193. The van der Waals surface area contributed by atoms with Crippen LogP contribution in [0.5, 0.6) is 5.75 Å². The van der Waals surface area contributed by atoms with Crippen molar-refractivity contribution in [3.63, 3.8) is 0 Å². The van der Waals surface area contributed by atoms with Crippen molar-refractivity contribution in [2.24, 2.45) is 5.41 Å². The summed E-state index contributed by atoms with van der Waals surface area (Å²) < 4.78 is 0. The number of aliphatic hydroxyl groups excluding tert-OH is 1. The number of phenols is 1. The van der Waals surface area contributed by atoms with Crippen LogP contribution < -0.4 is 0 Å². The molecule has 2 heteroatoms. The molecule has 4 rings (SSSR count). The van der Waals surface area contributed by atoms with E-state index in [1.54, 1.807) is 25.1 Å². The first-order valence-electron chi connectivity index (χ1n) is 10.8. The third-order valence-electron chi connectivity index (χ3n) is 6.23. The Kier molecular flexibility index (Phi) is 5.26. The third-order valence-corrected chi connectivity index (χ3v) is 6.23. The lowest BCUT2D eigenvalue weighted by atomic mass is 9.55. The molecule has 0 saturated heterocycles. The normalized spacial score (nSPS) is 15.9. The molecular weight excluding hydrogens is 380 g/mol. The summed E-state index contributed by atoms with van der Waals surface area (Å²) in [5.74, 6) is 0.531. The maximum absolute atomic E-state index is 10.0. The Bertz CT molecular complexity index is 1110. The summed E-state index contributed by atoms with van der Waals surface area (Å²) in [5, 5.41) is 20.1. The molecule has 0 saturated carbocycles. The monoisotopic (exact) mass is 410 g/mol. The van der Waals surface area contributed by atoms with Crippen LogP contribution in [-0.2, 0) is 11.8 Å². The maximum Gasteiger partial charge on any atom is 0.115 e. The van der Waals surface area contributed by atoms with E-state index in [0.29, 0.717) is 0 Å². The first-order valence-corrected chi connectivity index (χ1v) is 10.8. The highest BCUT2D eigenvalue weighted by molar-refractivity contribution is 5.67. The molecule has 0 unspecified atom stereocenters. The molecule has 0 aromatic heterocycles. The van der Waals surface area contributed by atoms with E-state index in [9.17, 15) is 10.2 Å². The predicted octanol–water partition coefficient (Wildman–Crippen LogP) is 7.07. The van der Waals surface area contributed by atoms with E-state index in [0.717, 1.165) is 12.0 Å². The second kappa shape index (κ2) is 7.77. The van der Waals surface area contributed by atoms with Crippen LogP contribution in [0.3, 0.4) is 0 Å². The summed E-state index contributed by atoms with van der Waals surface area (Å²) in [5.41, 5.74) is 6.68. The fourth-order valence-electron chi connectivity index (χ4n) is 5.04. The molecule has 158 valence electrons. The van der Waals surface area contributed by atoms with Crippen molar-refractivity contribution in [1.29, 1.82) is 0 Å². The zero-order valence-electron chi connectivity index (χ0n) is 18.7. The van der Waals surface area contributed by atoms with Gasteiger partial charge in [0.05, 0.1) is 11.2 Å². The van der Waals surface area contributed by atoms with Crippen molar-refractivity contribution >= 4 is 0 Å². The molecule has 0 aliphatic heterocycles. The van der Waals surface area contributed by atoms with E-state index < -0.39 is 5.41 Å². The van der Waals surface area contributed by atoms with Gasteiger partial charge >= 0.3 is 0 Å². The maximum atomic E-state index is 10.0. The second-order valence-electron chi connectivity index (χ2n) is 9.43. The zero-order valence-corrected chi connectivity index (χ0v) is 18.7. The highest BCUT2D eigenvalue weighted by Gasteiger charge is 2.47. The van der Waals surface area contributed by atoms with Crippen molar-refractivity contribution in [1.82, 2.24) is 0 Å². The summed E-state index contributed by atoms with van der Waals surface area (Å²) in [4.78, 5) is 0. The summed E-state index contributed by atoms with van der Waals surface area (Å²) in [6.45, 7) is 8.37. The number of aromatic hydroxyl groups is 1. The van der Waals surface area contributed by atoms with Crippen LogP contribution in [0, 0.1) is 5.41 Å². The van der Waals surface area contributed by atoms with Crippen LogP contribution >= 0.6 is 0 Å². The Hall–Kier alpha value is -3.26. The molecule has 1 aliphatic carbocycles. The molecule has 31 heavy (non-hydrogen) atoms. The van der Waals surface area contributed by atoms with Crippen LogP contribution in [0.15, 0.2) is 96.3 Å². The van der Waals surface area contributed by atoms with Crippen molar-refractivity contribution in [2.45, 2.75) is 39.5 Å².